The Bertz CT molecular complexity index is 577. The van der Waals surface area contributed by atoms with Crippen LogP contribution in [0, 0.1) is 0 Å². The van der Waals surface area contributed by atoms with E-state index in [9.17, 15) is 0 Å². The highest BCUT2D eigenvalue weighted by atomic mass is 16.5. The van der Waals surface area contributed by atoms with Crippen molar-refractivity contribution < 1.29 is 10.2 Å². The maximum absolute atomic E-state index is 5.69. The lowest BCUT2D eigenvalue weighted by Crippen LogP contribution is -2.71. The minimum Gasteiger partial charge on any atom is -0.483 e. The van der Waals surface area contributed by atoms with Crippen molar-refractivity contribution in [3.05, 3.63) is 72.3 Å². The zero-order valence-electron chi connectivity index (χ0n) is 11.6. The molecule has 0 heterocycles. The highest BCUT2D eigenvalue weighted by molar-refractivity contribution is 5.78. The van der Waals surface area contributed by atoms with Gasteiger partial charge in [-0.25, -0.2) is 0 Å². The van der Waals surface area contributed by atoms with Crippen LogP contribution in [0.5, 0.6) is 5.75 Å². The van der Waals surface area contributed by atoms with Crippen LogP contribution in [0.4, 0.5) is 5.69 Å². The van der Waals surface area contributed by atoms with Crippen molar-refractivity contribution in [1.82, 2.24) is 0 Å². The second-order valence-corrected chi connectivity index (χ2v) is 4.24. The van der Waals surface area contributed by atoms with E-state index in [1.165, 1.54) is 0 Å². The second kappa shape index (κ2) is 7.92. The number of hydrogen-bond acceptors (Lipinski definition) is 2. The number of allylic oxidation sites excluding steroid dienone is 1. The van der Waals surface area contributed by atoms with E-state index in [2.05, 4.69) is 5.10 Å². The molecular formula is C17H19N2O+. The van der Waals surface area contributed by atoms with Gasteiger partial charge in [-0.05, 0) is 18.6 Å². The van der Waals surface area contributed by atoms with Crippen LogP contribution in [0.25, 0.3) is 0 Å². The fraction of sp³-hybridized carbons (Fsp3) is 0.118. The van der Waals surface area contributed by atoms with E-state index in [0.29, 0.717) is 6.61 Å². The molecule has 0 aliphatic heterocycles. The van der Waals surface area contributed by atoms with Gasteiger partial charge in [0.1, 0.15) is 6.61 Å². The summed E-state index contributed by atoms with van der Waals surface area (Å²) in [7, 11) is 0. The van der Waals surface area contributed by atoms with Crippen molar-refractivity contribution >= 4 is 11.9 Å². The standard InChI is InChI=1S/C17H18N2O/c1-2-3-13-20-17-12-8-7-11-16(17)19-18-14-15-9-5-4-6-10-15/h2-12,14,19H,13H2,1H3/p+1/b3-2+,18-14-. The lowest BCUT2D eigenvalue weighted by atomic mass is 10.2. The SMILES string of the molecule is C/C=C/COc1ccccc1[NH2+]/N=C\c1ccccc1. The van der Waals surface area contributed by atoms with Crippen molar-refractivity contribution in [3.8, 4) is 5.75 Å². The van der Waals surface area contributed by atoms with E-state index < -0.39 is 0 Å². The Kier molecular flexibility index (Phi) is 5.55. The first-order chi connectivity index (χ1) is 9.90. The molecule has 0 bridgehead atoms. The molecule has 0 fully saturated rings. The van der Waals surface area contributed by atoms with Gasteiger partial charge in [-0.3, -0.25) is 0 Å². The largest absolute Gasteiger partial charge is 0.483 e. The average Bonchev–Trinajstić information content (AvgIpc) is 2.50. The Balaban J connectivity index is 2.00. The molecule has 0 saturated heterocycles. The Labute approximate surface area is 119 Å². The smallest absolute Gasteiger partial charge is 0.198 e. The summed E-state index contributed by atoms with van der Waals surface area (Å²) in [5, 5.41) is 4.35. The lowest BCUT2D eigenvalue weighted by Gasteiger charge is -2.04. The highest BCUT2D eigenvalue weighted by Crippen LogP contribution is 2.18. The number of hydrogen-bond donors (Lipinski definition) is 1. The number of benzene rings is 2. The molecular weight excluding hydrogens is 248 g/mol. The predicted molar refractivity (Wildman–Crippen MR) is 82.4 cm³/mol. The van der Waals surface area contributed by atoms with Gasteiger partial charge in [-0.1, -0.05) is 59.7 Å². The fourth-order valence-corrected chi connectivity index (χ4v) is 1.70. The Hall–Kier alpha value is -2.39. The molecule has 3 heteroatoms. The molecule has 20 heavy (non-hydrogen) atoms. The topological polar surface area (TPSA) is 38.2 Å². The van der Waals surface area contributed by atoms with Crippen LogP contribution in [0.3, 0.4) is 0 Å². The number of ether oxygens (including phenoxy) is 1. The summed E-state index contributed by atoms with van der Waals surface area (Å²) in [6, 6.07) is 17.9. The van der Waals surface area contributed by atoms with Gasteiger partial charge in [0.25, 0.3) is 0 Å². The monoisotopic (exact) mass is 267 g/mol. The van der Waals surface area contributed by atoms with Crippen LogP contribution in [0.2, 0.25) is 0 Å². The minimum atomic E-state index is 0.573. The van der Waals surface area contributed by atoms with Gasteiger partial charge in [0, 0.05) is 6.07 Å². The van der Waals surface area contributed by atoms with Crippen LogP contribution >= 0.6 is 0 Å². The van der Waals surface area contributed by atoms with Crippen LogP contribution in [0.15, 0.2) is 71.9 Å². The second-order valence-electron chi connectivity index (χ2n) is 4.24. The number of nitrogens with two attached hydrogens (primary N) is 1. The third-order valence-corrected chi connectivity index (χ3v) is 2.73. The molecule has 0 aliphatic rings. The summed E-state index contributed by atoms with van der Waals surface area (Å²) in [6.07, 6.45) is 5.78. The molecule has 0 radical (unpaired) electrons. The summed E-state index contributed by atoms with van der Waals surface area (Å²) in [6.45, 7) is 2.55. The van der Waals surface area contributed by atoms with E-state index in [1.54, 1.807) is 0 Å². The number of quaternary nitrogens is 1. The molecule has 0 saturated carbocycles. The number of nitrogens with zero attached hydrogens (tertiary/aromatic N) is 1. The van der Waals surface area contributed by atoms with Crippen molar-refractivity contribution in [3.63, 3.8) is 0 Å². The van der Waals surface area contributed by atoms with Crippen molar-refractivity contribution in [1.29, 1.82) is 0 Å². The summed E-state index contributed by atoms with van der Waals surface area (Å²) < 4.78 is 5.69. The lowest BCUT2D eigenvalue weighted by molar-refractivity contribution is -0.577. The summed E-state index contributed by atoms with van der Waals surface area (Å²) >= 11 is 0. The van der Waals surface area contributed by atoms with Gasteiger partial charge in [0.05, 0.1) is 6.21 Å². The van der Waals surface area contributed by atoms with E-state index in [1.807, 2.05) is 85.3 Å². The van der Waals surface area contributed by atoms with Gasteiger partial charge in [0.15, 0.2) is 11.4 Å². The van der Waals surface area contributed by atoms with Crippen LogP contribution in [-0.2, 0) is 0 Å². The molecule has 2 N–H and O–H groups in total. The zero-order chi connectivity index (χ0) is 14.0. The Morgan fingerprint density at radius 1 is 1.05 bits per heavy atom. The predicted octanol–water partition coefficient (Wildman–Crippen LogP) is 2.87. The first-order valence-electron chi connectivity index (χ1n) is 6.64. The third kappa shape index (κ3) is 4.37. The molecule has 0 spiro atoms. The van der Waals surface area contributed by atoms with Gasteiger partial charge in [-0.2, -0.15) is 5.43 Å². The quantitative estimate of drug-likeness (QED) is 0.282. The highest BCUT2D eigenvalue weighted by Gasteiger charge is 2.04. The van der Waals surface area contributed by atoms with E-state index in [-0.39, 0.29) is 0 Å². The van der Waals surface area contributed by atoms with Crippen LogP contribution in [-0.4, -0.2) is 12.8 Å². The van der Waals surface area contributed by atoms with Gasteiger partial charge in [0.2, 0.25) is 0 Å². The molecule has 0 aliphatic carbocycles. The maximum Gasteiger partial charge on any atom is 0.198 e. The maximum atomic E-state index is 5.69. The van der Waals surface area contributed by atoms with Crippen LogP contribution in [0.1, 0.15) is 12.5 Å². The molecule has 0 amide bonds. The number of rotatable bonds is 6. The molecule has 102 valence electrons. The zero-order valence-corrected chi connectivity index (χ0v) is 11.6. The summed E-state index contributed by atoms with van der Waals surface area (Å²) in [5.74, 6) is 0.843. The molecule has 3 nitrogen and oxygen atoms in total. The molecule has 0 atom stereocenters. The van der Waals surface area contributed by atoms with E-state index in [4.69, 9.17) is 4.74 Å². The van der Waals surface area contributed by atoms with Crippen LogP contribution < -0.4 is 10.2 Å². The first kappa shape index (κ1) is 14.0. The van der Waals surface area contributed by atoms with Gasteiger partial charge < -0.3 is 4.74 Å². The summed E-state index contributed by atoms with van der Waals surface area (Å²) in [5.41, 5.74) is 3.87. The molecule has 0 unspecified atom stereocenters. The Morgan fingerprint density at radius 3 is 2.60 bits per heavy atom. The van der Waals surface area contributed by atoms with Crippen molar-refractivity contribution in [2.75, 3.05) is 6.61 Å². The molecule has 2 aromatic carbocycles. The van der Waals surface area contributed by atoms with Gasteiger partial charge in [-0.15, -0.1) is 0 Å². The van der Waals surface area contributed by atoms with E-state index >= 15 is 0 Å². The van der Waals surface area contributed by atoms with Crippen molar-refractivity contribution in [2.24, 2.45) is 5.10 Å². The van der Waals surface area contributed by atoms with Crippen molar-refractivity contribution in [2.45, 2.75) is 6.92 Å². The molecule has 2 rings (SSSR count). The molecule has 2 aromatic rings. The van der Waals surface area contributed by atoms with E-state index in [0.717, 1.165) is 17.0 Å². The summed E-state index contributed by atoms with van der Waals surface area (Å²) in [4.78, 5) is 0. The average molecular weight is 267 g/mol. The normalized spacial score (nSPS) is 11.2. The third-order valence-electron chi connectivity index (χ3n) is 2.73. The van der Waals surface area contributed by atoms with Gasteiger partial charge >= 0.3 is 0 Å². The fourth-order valence-electron chi connectivity index (χ4n) is 1.70. The minimum absolute atomic E-state index is 0.573. The Morgan fingerprint density at radius 2 is 1.80 bits per heavy atom. The first-order valence-corrected chi connectivity index (χ1v) is 6.64. The number of para-hydroxylation sites is 1. The molecule has 0 aromatic heterocycles.